The van der Waals surface area contributed by atoms with Crippen molar-refractivity contribution in [3.8, 4) is 0 Å². The molecule has 0 aliphatic carbocycles. The van der Waals surface area contributed by atoms with E-state index in [1.54, 1.807) is 0 Å². The maximum absolute atomic E-state index is 13.1. The topological polar surface area (TPSA) is 29.1 Å². The number of benzene rings is 2. The third kappa shape index (κ3) is 4.12. The van der Waals surface area contributed by atoms with Crippen molar-refractivity contribution in [3.63, 3.8) is 0 Å². The van der Waals surface area contributed by atoms with Gasteiger partial charge >= 0.3 is 0 Å². The number of hydrogen-bond donors (Lipinski definition) is 1. The summed E-state index contributed by atoms with van der Waals surface area (Å²) in [5.74, 6) is -1.80. The van der Waals surface area contributed by atoms with Gasteiger partial charge in [0.25, 0.3) is 5.91 Å². The van der Waals surface area contributed by atoms with Crippen LogP contribution in [0.5, 0.6) is 0 Å². The molecule has 0 saturated carbocycles. The van der Waals surface area contributed by atoms with E-state index >= 15 is 0 Å². The molecular formula is C17H17F2NO. The van der Waals surface area contributed by atoms with Gasteiger partial charge in [0.1, 0.15) is 11.6 Å². The molecule has 110 valence electrons. The Morgan fingerprint density at radius 1 is 1.10 bits per heavy atom. The molecule has 0 fully saturated rings. The second-order valence-electron chi connectivity index (χ2n) is 4.88. The van der Waals surface area contributed by atoms with Gasteiger partial charge in [0.05, 0.1) is 0 Å². The highest BCUT2D eigenvalue weighted by Gasteiger charge is 2.13. The molecule has 2 aromatic rings. The number of rotatable bonds is 5. The summed E-state index contributed by atoms with van der Waals surface area (Å²) in [5, 5.41) is 2.73. The third-order valence-corrected chi connectivity index (χ3v) is 3.40. The van der Waals surface area contributed by atoms with Gasteiger partial charge in [0.15, 0.2) is 0 Å². The molecule has 2 rings (SSSR count). The Hall–Kier alpha value is -2.23. The first-order valence-corrected chi connectivity index (χ1v) is 6.89. The summed E-state index contributed by atoms with van der Waals surface area (Å²) in [4.78, 5) is 12.0. The van der Waals surface area contributed by atoms with Gasteiger partial charge in [-0.25, -0.2) is 8.78 Å². The molecule has 2 nitrogen and oxygen atoms in total. The van der Waals surface area contributed by atoms with E-state index in [1.807, 2.05) is 37.3 Å². The minimum absolute atomic E-state index is 0.00425. The normalized spacial score (nSPS) is 12.0. The Balaban J connectivity index is 2.02. The van der Waals surface area contributed by atoms with Crippen LogP contribution in [0.3, 0.4) is 0 Å². The number of hydrogen-bond acceptors (Lipinski definition) is 1. The van der Waals surface area contributed by atoms with Crippen LogP contribution in [0.25, 0.3) is 0 Å². The molecule has 0 aliphatic rings. The number of carbonyl (C=O) groups is 1. The van der Waals surface area contributed by atoms with Gasteiger partial charge in [-0.3, -0.25) is 4.79 Å². The van der Waals surface area contributed by atoms with Crippen molar-refractivity contribution < 1.29 is 13.6 Å². The molecule has 0 heterocycles. The van der Waals surface area contributed by atoms with Crippen LogP contribution in [0, 0.1) is 11.6 Å². The fourth-order valence-electron chi connectivity index (χ4n) is 2.23. The second kappa shape index (κ2) is 6.97. The zero-order chi connectivity index (χ0) is 15.2. The lowest BCUT2D eigenvalue weighted by molar-refractivity contribution is 0.0950. The van der Waals surface area contributed by atoms with Crippen LogP contribution >= 0.6 is 0 Å². The van der Waals surface area contributed by atoms with E-state index in [2.05, 4.69) is 5.32 Å². The van der Waals surface area contributed by atoms with Crippen molar-refractivity contribution in [2.24, 2.45) is 0 Å². The van der Waals surface area contributed by atoms with Gasteiger partial charge in [-0.05, 0) is 24.1 Å². The molecule has 1 N–H and O–H groups in total. The highest BCUT2D eigenvalue weighted by molar-refractivity contribution is 5.94. The Bertz CT molecular complexity index is 593. The van der Waals surface area contributed by atoms with Gasteiger partial charge < -0.3 is 5.32 Å². The summed E-state index contributed by atoms with van der Waals surface area (Å²) in [6, 6.07) is 12.6. The fraction of sp³-hybridized carbons (Fsp3) is 0.235. The van der Waals surface area contributed by atoms with E-state index < -0.39 is 17.5 Å². The van der Waals surface area contributed by atoms with Crippen molar-refractivity contribution in [3.05, 3.63) is 71.3 Å². The van der Waals surface area contributed by atoms with Crippen LogP contribution in [0.15, 0.2) is 48.5 Å². The predicted octanol–water partition coefficient (Wildman–Crippen LogP) is 3.89. The molecular weight excluding hydrogens is 272 g/mol. The molecule has 2 aromatic carbocycles. The molecule has 0 aliphatic heterocycles. The first kappa shape index (κ1) is 15.2. The molecule has 1 amide bonds. The highest BCUT2D eigenvalue weighted by atomic mass is 19.1. The molecule has 0 spiro atoms. The number of halogens is 2. The summed E-state index contributed by atoms with van der Waals surface area (Å²) in [6.45, 7) is 2.46. The number of carbonyl (C=O) groups excluding carboxylic acids is 1. The van der Waals surface area contributed by atoms with Crippen LogP contribution in [0.2, 0.25) is 0 Å². The molecule has 1 unspecified atom stereocenters. The molecule has 0 aromatic heterocycles. The summed E-state index contributed by atoms with van der Waals surface area (Å²) in [6.07, 6.45) is 0.863. The maximum atomic E-state index is 13.1. The van der Waals surface area contributed by atoms with Crippen LogP contribution in [-0.2, 0) is 0 Å². The number of amides is 1. The van der Waals surface area contributed by atoms with Crippen molar-refractivity contribution in [1.29, 1.82) is 0 Å². The molecule has 0 radical (unpaired) electrons. The second-order valence-corrected chi connectivity index (χ2v) is 4.88. The van der Waals surface area contributed by atoms with E-state index in [1.165, 1.54) is 0 Å². The lowest BCUT2D eigenvalue weighted by Crippen LogP contribution is -2.28. The van der Waals surface area contributed by atoms with Crippen molar-refractivity contribution in [2.75, 3.05) is 6.54 Å². The zero-order valence-corrected chi connectivity index (χ0v) is 11.8. The lowest BCUT2D eigenvalue weighted by Gasteiger charge is -2.16. The van der Waals surface area contributed by atoms with Crippen LogP contribution in [-0.4, -0.2) is 12.5 Å². The molecule has 4 heteroatoms. The average molecular weight is 289 g/mol. The van der Waals surface area contributed by atoms with Crippen molar-refractivity contribution in [1.82, 2.24) is 5.32 Å². The smallest absolute Gasteiger partial charge is 0.251 e. The zero-order valence-electron chi connectivity index (χ0n) is 11.8. The van der Waals surface area contributed by atoms with Crippen LogP contribution < -0.4 is 5.32 Å². The average Bonchev–Trinajstić information content (AvgIpc) is 2.47. The maximum Gasteiger partial charge on any atom is 0.251 e. The largest absolute Gasteiger partial charge is 0.351 e. The van der Waals surface area contributed by atoms with Gasteiger partial charge in [0, 0.05) is 24.1 Å². The summed E-state index contributed by atoms with van der Waals surface area (Å²) >= 11 is 0. The highest BCUT2D eigenvalue weighted by Crippen LogP contribution is 2.18. The van der Waals surface area contributed by atoms with E-state index in [4.69, 9.17) is 0 Å². The molecule has 21 heavy (non-hydrogen) atoms. The summed E-state index contributed by atoms with van der Waals surface area (Å²) in [5.41, 5.74) is 1.13. The van der Waals surface area contributed by atoms with Crippen LogP contribution in [0.4, 0.5) is 8.78 Å². The SMILES string of the molecule is CCC(CNC(=O)c1cc(F)cc(F)c1)c1ccccc1. The van der Waals surface area contributed by atoms with Crippen molar-refractivity contribution in [2.45, 2.75) is 19.3 Å². The fourth-order valence-corrected chi connectivity index (χ4v) is 2.23. The molecule has 1 atom stereocenters. The van der Waals surface area contributed by atoms with E-state index in [9.17, 15) is 13.6 Å². The minimum Gasteiger partial charge on any atom is -0.351 e. The Morgan fingerprint density at radius 3 is 2.29 bits per heavy atom. The Labute approximate surface area is 122 Å². The first-order chi connectivity index (χ1) is 10.1. The molecule has 0 bridgehead atoms. The lowest BCUT2D eigenvalue weighted by atomic mass is 9.96. The third-order valence-electron chi connectivity index (χ3n) is 3.40. The van der Waals surface area contributed by atoms with Gasteiger partial charge in [0.2, 0.25) is 0 Å². The van der Waals surface area contributed by atoms with Gasteiger partial charge in [-0.15, -0.1) is 0 Å². The Morgan fingerprint density at radius 2 is 1.71 bits per heavy atom. The number of nitrogens with one attached hydrogen (secondary N) is 1. The van der Waals surface area contributed by atoms with E-state index in [0.717, 1.165) is 30.2 Å². The van der Waals surface area contributed by atoms with Crippen molar-refractivity contribution >= 4 is 5.91 Å². The Kier molecular flexibility index (Phi) is 5.04. The standard InChI is InChI=1S/C17H17F2NO/c1-2-12(13-6-4-3-5-7-13)11-20-17(21)14-8-15(18)10-16(19)9-14/h3-10,12H,2,11H2,1H3,(H,20,21). The summed E-state index contributed by atoms with van der Waals surface area (Å²) in [7, 11) is 0. The predicted molar refractivity (Wildman–Crippen MR) is 78.2 cm³/mol. The first-order valence-electron chi connectivity index (χ1n) is 6.89. The monoisotopic (exact) mass is 289 g/mol. The molecule has 0 saturated heterocycles. The summed E-state index contributed by atoms with van der Waals surface area (Å²) < 4.78 is 26.2. The quantitative estimate of drug-likeness (QED) is 0.889. The van der Waals surface area contributed by atoms with Gasteiger partial charge in [-0.2, -0.15) is 0 Å². The van der Waals surface area contributed by atoms with E-state index in [0.29, 0.717) is 6.54 Å². The van der Waals surface area contributed by atoms with E-state index in [-0.39, 0.29) is 11.5 Å². The van der Waals surface area contributed by atoms with Crippen LogP contribution in [0.1, 0.15) is 35.2 Å². The minimum atomic E-state index is -0.754. The van der Waals surface area contributed by atoms with Gasteiger partial charge in [-0.1, -0.05) is 37.3 Å².